The van der Waals surface area contributed by atoms with Crippen LogP contribution in [-0.4, -0.2) is 20.6 Å². The van der Waals surface area contributed by atoms with E-state index in [1.165, 1.54) is 17.4 Å². The first-order chi connectivity index (χ1) is 9.35. The summed E-state index contributed by atoms with van der Waals surface area (Å²) < 4.78 is 37.9. The molecule has 1 aromatic carbocycles. The molecule has 5 nitrogen and oxygen atoms in total. The Kier molecular flexibility index (Phi) is 4.05. The van der Waals surface area contributed by atoms with E-state index in [1.807, 2.05) is 0 Å². The van der Waals surface area contributed by atoms with E-state index < -0.39 is 21.7 Å². The molecule has 0 aliphatic carbocycles. The zero-order chi connectivity index (χ0) is 14.8. The summed E-state index contributed by atoms with van der Waals surface area (Å²) in [5, 5.41) is 4.21. The Morgan fingerprint density at radius 3 is 2.60 bits per heavy atom. The number of carbonyl (C=O) groups is 1. The molecule has 1 heterocycles. The smallest absolute Gasteiger partial charge is 0.265 e. The highest BCUT2D eigenvalue weighted by molar-refractivity contribution is 7.92. The van der Waals surface area contributed by atoms with Crippen LogP contribution in [0.3, 0.4) is 0 Å². The van der Waals surface area contributed by atoms with Gasteiger partial charge < -0.3 is 5.32 Å². The van der Waals surface area contributed by atoms with Gasteiger partial charge in [0.25, 0.3) is 5.91 Å². The molecule has 1 amide bonds. The molecule has 0 atom stereocenters. The monoisotopic (exact) mass is 314 g/mol. The Hall–Kier alpha value is -1.93. The van der Waals surface area contributed by atoms with Gasteiger partial charge in [-0.1, -0.05) is 6.07 Å². The van der Waals surface area contributed by atoms with Crippen molar-refractivity contribution in [3.05, 3.63) is 46.4 Å². The highest BCUT2D eigenvalue weighted by Crippen LogP contribution is 2.24. The van der Waals surface area contributed by atoms with E-state index in [0.717, 1.165) is 18.4 Å². The first kappa shape index (κ1) is 14.5. The molecular formula is C12H11FN2O3S2. The second-order valence-corrected chi connectivity index (χ2v) is 6.69. The van der Waals surface area contributed by atoms with Crippen molar-refractivity contribution < 1.29 is 17.6 Å². The number of halogens is 1. The molecule has 8 heteroatoms. The van der Waals surface area contributed by atoms with Gasteiger partial charge in [-0.25, -0.2) is 12.8 Å². The molecule has 2 rings (SSSR count). The third-order valence-corrected chi connectivity index (χ3v) is 3.73. The molecule has 0 unspecified atom stereocenters. The molecule has 0 aliphatic rings. The van der Waals surface area contributed by atoms with E-state index in [1.54, 1.807) is 17.5 Å². The van der Waals surface area contributed by atoms with Crippen molar-refractivity contribution >= 4 is 38.6 Å². The van der Waals surface area contributed by atoms with Crippen LogP contribution in [0, 0.1) is 5.82 Å². The predicted molar refractivity (Wildman–Crippen MR) is 77.1 cm³/mol. The Morgan fingerprint density at radius 2 is 2.00 bits per heavy atom. The van der Waals surface area contributed by atoms with Crippen molar-refractivity contribution in [2.45, 2.75) is 0 Å². The lowest BCUT2D eigenvalue weighted by Gasteiger charge is -2.11. The summed E-state index contributed by atoms with van der Waals surface area (Å²) in [4.78, 5) is 12.3. The van der Waals surface area contributed by atoms with Gasteiger partial charge in [-0.2, -0.15) is 0 Å². The van der Waals surface area contributed by atoms with Gasteiger partial charge in [-0.3, -0.25) is 9.52 Å². The van der Waals surface area contributed by atoms with E-state index in [0.29, 0.717) is 4.88 Å². The van der Waals surface area contributed by atoms with Crippen molar-refractivity contribution in [1.29, 1.82) is 0 Å². The minimum Gasteiger partial charge on any atom is -0.319 e. The van der Waals surface area contributed by atoms with Crippen LogP contribution >= 0.6 is 11.3 Å². The van der Waals surface area contributed by atoms with Gasteiger partial charge in [-0.05, 0) is 29.6 Å². The minimum atomic E-state index is -3.52. The standard InChI is InChI=1S/C12H11FN2O3S2/c1-20(17,18)15-9-5-4-8(13)7-10(9)14-12(16)11-3-2-6-19-11/h2-7,15H,1H3,(H,14,16). The summed E-state index contributed by atoms with van der Waals surface area (Å²) in [6, 6.07) is 6.73. The molecule has 0 aliphatic heterocycles. The maximum Gasteiger partial charge on any atom is 0.265 e. The maximum atomic E-state index is 13.2. The average molecular weight is 314 g/mol. The topological polar surface area (TPSA) is 75.3 Å². The van der Waals surface area contributed by atoms with Crippen LogP contribution in [-0.2, 0) is 10.0 Å². The number of nitrogens with one attached hydrogen (secondary N) is 2. The molecule has 2 N–H and O–H groups in total. The van der Waals surface area contributed by atoms with Gasteiger partial charge in [0.05, 0.1) is 22.5 Å². The predicted octanol–water partition coefficient (Wildman–Crippen LogP) is 2.51. The fraction of sp³-hybridized carbons (Fsp3) is 0.0833. The van der Waals surface area contributed by atoms with Crippen molar-refractivity contribution in [2.75, 3.05) is 16.3 Å². The molecule has 0 radical (unpaired) electrons. The average Bonchev–Trinajstić information content (AvgIpc) is 2.85. The maximum absolute atomic E-state index is 13.2. The Labute approximate surface area is 119 Å². The molecule has 0 spiro atoms. The number of thiophene rings is 1. The summed E-state index contributed by atoms with van der Waals surface area (Å²) in [7, 11) is -3.52. The molecule has 2 aromatic rings. The number of benzene rings is 1. The fourth-order valence-corrected chi connectivity index (χ4v) is 2.70. The van der Waals surface area contributed by atoms with Gasteiger partial charge >= 0.3 is 0 Å². The summed E-state index contributed by atoms with van der Waals surface area (Å²) in [5.74, 6) is -1.01. The highest BCUT2D eigenvalue weighted by Gasteiger charge is 2.13. The number of anilines is 2. The van der Waals surface area contributed by atoms with Crippen molar-refractivity contribution in [3.8, 4) is 0 Å². The fourth-order valence-electron chi connectivity index (χ4n) is 1.50. The van der Waals surface area contributed by atoms with Gasteiger partial charge in [0, 0.05) is 0 Å². The largest absolute Gasteiger partial charge is 0.319 e. The van der Waals surface area contributed by atoms with Crippen LogP contribution in [0.15, 0.2) is 35.7 Å². The molecule has 20 heavy (non-hydrogen) atoms. The van der Waals surface area contributed by atoms with Crippen molar-refractivity contribution in [2.24, 2.45) is 0 Å². The van der Waals surface area contributed by atoms with Crippen molar-refractivity contribution in [1.82, 2.24) is 0 Å². The van der Waals surface area contributed by atoms with Crippen molar-refractivity contribution in [3.63, 3.8) is 0 Å². The van der Waals surface area contributed by atoms with E-state index in [-0.39, 0.29) is 11.4 Å². The summed E-state index contributed by atoms with van der Waals surface area (Å²) >= 11 is 1.23. The van der Waals surface area contributed by atoms with Gasteiger partial charge in [0.15, 0.2) is 0 Å². The summed E-state index contributed by atoms with van der Waals surface area (Å²) in [6.45, 7) is 0. The van der Waals surface area contributed by atoms with Gasteiger partial charge in [0.1, 0.15) is 5.82 Å². The first-order valence-corrected chi connectivity index (χ1v) is 8.24. The third kappa shape index (κ3) is 3.78. The molecule has 0 bridgehead atoms. The normalized spacial score (nSPS) is 11.1. The highest BCUT2D eigenvalue weighted by atomic mass is 32.2. The number of carbonyl (C=O) groups excluding carboxylic acids is 1. The molecule has 0 fully saturated rings. The molecule has 0 saturated carbocycles. The van der Waals surface area contributed by atoms with Gasteiger partial charge in [0.2, 0.25) is 10.0 Å². The lowest BCUT2D eigenvalue weighted by Crippen LogP contribution is -2.15. The Morgan fingerprint density at radius 1 is 1.25 bits per heavy atom. The second-order valence-electron chi connectivity index (χ2n) is 4.00. The second kappa shape index (κ2) is 5.59. The number of hydrogen-bond donors (Lipinski definition) is 2. The number of sulfonamides is 1. The third-order valence-electron chi connectivity index (χ3n) is 2.27. The van der Waals surface area contributed by atoms with Crippen LogP contribution in [0.25, 0.3) is 0 Å². The lowest BCUT2D eigenvalue weighted by molar-refractivity contribution is 0.103. The van der Waals surface area contributed by atoms with E-state index >= 15 is 0 Å². The van der Waals surface area contributed by atoms with Crippen LogP contribution in [0.5, 0.6) is 0 Å². The molecular weight excluding hydrogens is 303 g/mol. The van der Waals surface area contributed by atoms with E-state index in [9.17, 15) is 17.6 Å². The molecule has 106 valence electrons. The Bertz CT molecular complexity index is 727. The summed E-state index contributed by atoms with van der Waals surface area (Å²) in [6.07, 6.45) is 0.973. The SMILES string of the molecule is CS(=O)(=O)Nc1ccc(F)cc1NC(=O)c1cccs1. The number of rotatable bonds is 4. The Balaban J connectivity index is 2.30. The summed E-state index contributed by atoms with van der Waals surface area (Å²) in [5.41, 5.74) is 0.174. The number of amides is 1. The zero-order valence-electron chi connectivity index (χ0n) is 10.4. The molecule has 1 aromatic heterocycles. The van der Waals surface area contributed by atoms with Crippen LogP contribution in [0.4, 0.5) is 15.8 Å². The lowest BCUT2D eigenvalue weighted by atomic mass is 10.2. The van der Waals surface area contributed by atoms with Crippen LogP contribution < -0.4 is 10.0 Å². The zero-order valence-corrected chi connectivity index (χ0v) is 12.0. The minimum absolute atomic E-state index is 0.0637. The first-order valence-electron chi connectivity index (χ1n) is 5.47. The van der Waals surface area contributed by atoms with Crippen LogP contribution in [0.2, 0.25) is 0 Å². The number of hydrogen-bond acceptors (Lipinski definition) is 4. The quantitative estimate of drug-likeness (QED) is 0.910. The van der Waals surface area contributed by atoms with E-state index in [4.69, 9.17) is 0 Å². The van der Waals surface area contributed by atoms with Gasteiger partial charge in [-0.15, -0.1) is 11.3 Å². The van der Waals surface area contributed by atoms with E-state index in [2.05, 4.69) is 10.0 Å². The molecule has 0 saturated heterocycles. The van der Waals surface area contributed by atoms with Crippen LogP contribution in [0.1, 0.15) is 9.67 Å².